The average molecular weight is 544 g/mol. The van der Waals surface area contributed by atoms with E-state index in [4.69, 9.17) is 15.3 Å². The summed E-state index contributed by atoms with van der Waals surface area (Å²) in [5.74, 6) is -1.43. The van der Waals surface area contributed by atoms with E-state index in [-0.39, 0.29) is 19.1 Å². The molecule has 3 N–H and O–H groups in total. The molecule has 1 aliphatic rings. The number of hydrogen-bond donors (Lipinski definition) is 2. The number of nitrogens with two attached hydrogens (primary N) is 1. The van der Waals surface area contributed by atoms with E-state index >= 15 is 0 Å². The maximum Gasteiger partial charge on any atom is 0.406 e. The number of unbranched alkanes of at least 4 members (excludes halogenated alkanes) is 2. The van der Waals surface area contributed by atoms with Crippen LogP contribution in [0, 0.1) is 5.92 Å². The number of nitrogens with one attached hydrogen (secondary N) is 1. The first-order valence-corrected chi connectivity index (χ1v) is 13.7. The molecule has 0 aliphatic heterocycles. The number of fused-ring (bicyclic) bond motifs is 3. The van der Waals surface area contributed by atoms with Gasteiger partial charge in [0.15, 0.2) is 5.72 Å². The van der Waals surface area contributed by atoms with Crippen LogP contribution in [-0.2, 0) is 25.8 Å². The van der Waals surface area contributed by atoms with Crippen molar-refractivity contribution in [2.45, 2.75) is 57.8 Å². The molecule has 3 aromatic carbocycles. The Morgan fingerprint density at radius 2 is 1.57 bits per heavy atom. The van der Waals surface area contributed by atoms with Crippen LogP contribution in [0.25, 0.3) is 11.1 Å². The number of rotatable bonds is 14. The minimum Gasteiger partial charge on any atom is -0.422 e. The lowest BCUT2D eigenvalue weighted by atomic mass is 9.86. The zero-order valence-electron chi connectivity index (χ0n) is 23.0. The largest absolute Gasteiger partial charge is 0.422 e. The third-order valence-electron chi connectivity index (χ3n) is 7.35. The molecule has 0 spiro atoms. The highest BCUT2D eigenvalue weighted by molar-refractivity contribution is 5.83. The lowest BCUT2D eigenvalue weighted by Crippen LogP contribution is -2.56. The van der Waals surface area contributed by atoms with E-state index in [0.717, 1.165) is 52.1 Å². The van der Waals surface area contributed by atoms with Crippen molar-refractivity contribution in [3.05, 3.63) is 95.6 Å². The summed E-state index contributed by atoms with van der Waals surface area (Å²) in [6, 6.07) is 25.2. The topological polar surface area (TPSA) is 111 Å². The van der Waals surface area contributed by atoms with Crippen molar-refractivity contribution >= 4 is 18.4 Å². The number of primary amides is 1. The number of hydroxylamine groups is 2. The zero-order chi connectivity index (χ0) is 28.5. The molecule has 0 radical (unpaired) electrons. The van der Waals surface area contributed by atoms with Crippen LogP contribution in [0.15, 0.2) is 78.9 Å². The summed E-state index contributed by atoms with van der Waals surface area (Å²) in [5.41, 5.74) is 8.85. The van der Waals surface area contributed by atoms with Gasteiger partial charge >= 0.3 is 6.09 Å². The lowest BCUT2D eigenvalue weighted by Gasteiger charge is -2.37. The highest BCUT2D eigenvalue weighted by Gasteiger charge is 2.47. The molecule has 3 amide bonds. The minimum absolute atomic E-state index is 0.0520. The van der Waals surface area contributed by atoms with E-state index in [1.54, 1.807) is 6.92 Å². The van der Waals surface area contributed by atoms with E-state index in [9.17, 15) is 14.4 Å². The van der Waals surface area contributed by atoms with E-state index in [1.165, 1.54) is 0 Å². The van der Waals surface area contributed by atoms with Gasteiger partial charge in [-0.3, -0.25) is 14.4 Å². The van der Waals surface area contributed by atoms with Gasteiger partial charge in [0.25, 0.3) is 0 Å². The summed E-state index contributed by atoms with van der Waals surface area (Å²) in [6.07, 6.45) is 2.84. The van der Waals surface area contributed by atoms with E-state index in [0.29, 0.717) is 12.8 Å². The molecule has 0 bridgehead atoms. The SMILES string of the molecule is CCCCCC(CN(C=O)OCc1ccccc1)C(=O)N[C@](C)(OC(N)=O)C1c2ccccc2-c2ccccc21. The van der Waals surface area contributed by atoms with Crippen LogP contribution < -0.4 is 11.1 Å². The molecule has 8 nitrogen and oxygen atoms in total. The van der Waals surface area contributed by atoms with Gasteiger partial charge in [0.1, 0.15) is 6.61 Å². The zero-order valence-corrected chi connectivity index (χ0v) is 23.0. The number of ether oxygens (including phenoxy) is 1. The van der Waals surface area contributed by atoms with Gasteiger partial charge in [-0.1, -0.05) is 105 Å². The number of benzene rings is 3. The number of nitrogens with zero attached hydrogens (tertiary/aromatic N) is 1. The predicted octanol–water partition coefficient (Wildman–Crippen LogP) is 5.51. The smallest absolute Gasteiger partial charge is 0.406 e. The molecule has 0 saturated carbocycles. The molecule has 0 saturated heterocycles. The fraction of sp³-hybridized carbons (Fsp3) is 0.344. The Morgan fingerprint density at radius 1 is 0.975 bits per heavy atom. The highest BCUT2D eigenvalue weighted by atomic mass is 16.7. The number of hydrogen-bond acceptors (Lipinski definition) is 5. The maximum atomic E-state index is 13.9. The van der Waals surface area contributed by atoms with Crippen molar-refractivity contribution in [3.63, 3.8) is 0 Å². The molecule has 0 fully saturated rings. The number of carbonyl (C=O) groups excluding carboxylic acids is 3. The monoisotopic (exact) mass is 543 g/mol. The fourth-order valence-electron chi connectivity index (χ4n) is 5.48. The summed E-state index contributed by atoms with van der Waals surface area (Å²) in [4.78, 5) is 43.7. The first kappa shape index (κ1) is 28.8. The highest BCUT2D eigenvalue weighted by Crippen LogP contribution is 2.49. The molecular formula is C32H37N3O5. The molecule has 210 valence electrons. The Bertz CT molecular complexity index is 1270. The summed E-state index contributed by atoms with van der Waals surface area (Å²) in [6.45, 7) is 4.01. The third-order valence-corrected chi connectivity index (χ3v) is 7.35. The average Bonchev–Trinajstić information content (AvgIpc) is 3.30. The van der Waals surface area contributed by atoms with Gasteiger partial charge in [-0.2, -0.15) is 0 Å². The van der Waals surface area contributed by atoms with Crippen molar-refractivity contribution < 1.29 is 24.0 Å². The van der Waals surface area contributed by atoms with Gasteiger partial charge in [0.2, 0.25) is 12.3 Å². The normalized spacial score (nSPS) is 14.3. The Kier molecular flexibility index (Phi) is 9.56. The van der Waals surface area contributed by atoms with Gasteiger partial charge in [-0.25, -0.2) is 9.86 Å². The molecule has 1 aliphatic carbocycles. The Morgan fingerprint density at radius 3 is 2.15 bits per heavy atom. The van der Waals surface area contributed by atoms with Crippen molar-refractivity contribution in [2.24, 2.45) is 11.7 Å². The lowest BCUT2D eigenvalue weighted by molar-refractivity contribution is -0.182. The molecule has 1 unspecified atom stereocenters. The molecule has 8 heteroatoms. The van der Waals surface area contributed by atoms with Gasteiger partial charge in [0.05, 0.1) is 18.4 Å². The predicted molar refractivity (Wildman–Crippen MR) is 153 cm³/mol. The van der Waals surface area contributed by atoms with Crippen molar-refractivity contribution in [1.82, 2.24) is 10.4 Å². The first-order chi connectivity index (χ1) is 19.4. The second-order valence-electron chi connectivity index (χ2n) is 10.3. The summed E-state index contributed by atoms with van der Waals surface area (Å²) in [5, 5.41) is 4.18. The van der Waals surface area contributed by atoms with Crippen LogP contribution in [0.1, 0.15) is 62.1 Å². The molecule has 3 aromatic rings. The summed E-state index contributed by atoms with van der Waals surface area (Å²) < 4.78 is 5.71. The van der Waals surface area contributed by atoms with Gasteiger partial charge in [-0.05, 0) is 41.2 Å². The number of carbonyl (C=O) groups is 3. The van der Waals surface area contributed by atoms with Crippen molar-refractivity contribution in [3.8, 4) is 11.1 Å². The Balaban J connectivity index is 1.60. The van der Waals surface area contributed by atoms with Crippen LogP contribution >= 0.6 is 0 Å². The molecular weight excluding hydrogens is 506 g/mol. The van der Waals surface area contributed by atoms with E-state index in [1.807, 2.05) is 78.9 Å². The van der Waals surface area contributed by atoms with Crippen LogP contribution in [0.4, 0.5) is 4.79 Å². The molecule has 40 heavy (non-hydrogen) atoms. The molecule has 0 heterocycles. The summed E-state index contributed by atoms with van der Waals surface area (Å²) >= 11 is 0. The van der Waals surface area contributed by atoms with Crippen LogP contribution in [0.3, 0.4) is 0 Å². The van der Waals surface area contributed by atoms with Crippen LogP contribution in [-0.4, -0.2) is 35.7 Å². The van der Waals surface area contributed by atoms with Crippen molar-refractivity contribution in [2.75, 3.05) is 6.54 Å². The summed E-state index contributed by atoms with van der Waals surface area (Å²) in [7, 11) is 0. The minimum atomic E-state index is -1.48. The standard InChI is InChI=1S/C32H37N3O5/c1-3-4-6-15-24(20-35(22-36)39-21-23-13-7-5-8-14-23)30(37)34-32(2,40-31(33)38)29-27-18-11-9-16-25(27)26-17-10-12-19-28(26)29/h5,7-14,16-19,22,24,29H,3-4,6,15,20-21H2,1-2H3,(H2,33,38)(H,34,37)/t24?,32-/m1/s1. The Hall–Kier alpha value is -4.17. The maximum absolute atomic E-state index is 13.9. The van der Waals surface area contributed by atoms with Crippen LogP contribution in [0.2, 0.25) is 0 Å². The Labute approximate surface area is 235 Å². The second kappa shape index (κ2) is 13.3. The van der Waals surface area contributed by atoms with Gasteiger partial charge in [-0.15, -0.1) is 0 Å². The van der Waals surface area contributed by atoms with Gasteiger partial charge in [0, 0.05) is 0 Å². The third kappa shape index (κ3) is 6.69. The van der Waals surface area contributed by atoms with E-state index < -0.39 is 23.7 Å². The molecule has 4 rings (SSSR count). The van der Waals surface area contributed by atoms with Gasteiger partial charge < -0.3 is 15.8 Å². The molecule has 0 aromatic heterocycles. The van der Waals surface area contributed by atoms with Crippen molar-refractivity contribution in [1.29, 1.82) is 0 Å². The molecule has 2 atom stereocenters. The van der Waals surface area contributed by atoms with Crippen LogP contribution in [0.5, 0.6) is 0 Å². The fourth-order valence-corrected chi connectivity index (χ4v) is 5.48. The first-order valence-electron chi connectivity index (χ1n) is 13.7. The van der Waals surface area contributed by atoms with E-state index in [2.05, 4.69) is 12.2 Å². The quantitative estimate of drug-likeness (QED) is 0.121. The number of amides is 3. The second-order valence-corrected chi connectivity index (χ2v) is 10.3.